The van der Waals surface area contributed by atoms with E-state index < -0.39 is 11.8 Å². The predicted molar refractivity (Wildman–Crippen MR) is 97.2 cm³/mol. The molecule has 2 heterocycles. The number of amides is 2. The van der Waals surface area contributed by atoms with Crippen molar-refractivity contribution in [3.05, 3.63) is 57.8 Å². The van der Waals surface area contributed by atoms with Crippen molar-refractivity contribution in [1.82, 2.24) is 30.8 Å². The Morgan fingerprint density at radius 3 is 2.59 bits per heavy atom. The van der Waals surface area contributed by atoms with Crippen molar-refractivity contribution in [3.63, 3.8) is 0 Å². The SMILES string of the molecule is CCn1nc(C(=O)NNC(=O)c2cc(C3CC3)[nH]n2)c2ccccc2c1=O. The summed E-state index contributed by atoms with van der Waals surface area (Å²) in [6.45, 7) is 2.09. The first-order chi connectivity index (χ1) is 13.1. The topological polar surface area (TPSA) is 122 Å². The summed E-state index contributed by atoms with van der Waals surface area (Å²) in [7, 11) is 0. The standard InChI is InChI=1S/C18H18N6O3/c1-2-24-18(27)12-6-4-3-5-11(12)15(23-24)17(26)22-21-16(25)14-9-13(19-20-14)10-7-8-10/h3-6,9-10H,2,7-8H2,1H3,(H,19,20)(H,21,25)(H,22,26). The number of H-pyrrole nitrogens is 1. The van der Waals surface area contributed by atoms with Gasteiger partial charge in [0.05, 0.1) is 5.39 Å². The van der Waals surface area contributed by atoms with E-state index in [2.05, 4.69) is 26.1 Å². The molecule has 0 saturated heterocycles. The molecule has 0 aliphatic heterocycles. The first-order valence-electron chi connectivity index (χ1n) is 8.74. The number of aromatic amines is 1. The molecule has 1 saturated carbocycles. The van der Waals surface area contributed by atoms with Gasteiger partial charge in [-0.1, -0.05) is 18.2 Å². The minimum atomic E-state index is -0.611. The Hall–Kier alpha value is -3.49. The van der Waals surface area contributed by atoms with Crippen LogP contribution in [0.4, 0.5) is 0 Å². The van der Waals surface area contributed by atoms with E-state index in [1.807, 2.05) is 0 Å². The number of hydrogen-bond acceptors (Lipinski definition) is 5. The normalized spacial score (nSPS) is 13.5. The fourth-order valence-corrected chi connectivity index (χ4v) is 2.91. The van der Waals surface area contributed by atoms with Crippen LogP contribution in [0.2, 0.25) is 0 Å². The molecule has 1 fully saturated rings. The van der Waals surface area contributed by atoms with Gasteiger partial charge in [0.25, 0.3) is 17.4 Å². The van der Waals surface area contributed by atoms with Gasteiger partial charge >= 0.3 is 0 Å². The molecule has 1 aliphatic rings. The maximum Gasteiger partial charge on any atom is 0.290 e. The molecule has 1 aromatic carbocycles. The molecule has 9 nitrogen and oxygen atoms in total. The summed E-state index contributed by atoms with van der Waals surface area (Å²) in [5.74, 6) is -0.696. The van der Waals surface area contributed by atoms with Gasteiger partial charge in [-0.05, 0) is 31.9 Å². The second kappa shape index (κ2) is 6.67. The summed E-state index contributed by atoms with van der Waals surface area (Å²) in [5, 5.41) is 11.8. The lowest BCUT2D eigenvalue weighted by Crippen LogP contribution is -2.43. The van der Waals surface area contributed by atoms with Crippen molar-refractivity contribution < 1.29 is 9.59 Å². The Kier molecular flexibility index (Phi) is 4.19. The van der Waals surface area contributed by atoms with Crippen LogP contribution in [0.3, 0.4) is 0 Å². The van der Waals surface area contributed by atoms with Crippen LogP contribution in [-0.4, -0.2) is 31.8 Å². The summed E-state index contributed by atoms with van der Waals surface area (Å²) in [6, 6.07) is 8.42. The van der Waals surface area contributed by atoms with Gasteiger partial charge in [-0.3, -0.25) is 30.3 Å². The number of carbonyl (C=O) groups excluding carboxylic acids is 2. The molecule has 0 spiro atoms. The second-order valence-electron chi connectivity index (χ2n) is 6.41. The van der Waals surface area contributed by atoms with Crippen LogP contribution < -0.4 is 16.4 Å². The number of nitrogens with zero attached hydrogens (tertiary/aromatic N) is 3. The van der Waals surface area contributed by atoms with Gasteiger partial charge in [-0.2, -0.15) is 10.2 Å². The molecule has 1 aliphatic carbocycles. The highest BCUT2D eigenvalue weighted by molar-refractivity contribution is 6.05. The fraction of sp³-hybridized carbons (Fsp3) is 0.278. The minimum Gasteiger partial charge on any atom is -0.281 e. The average Bonchev–Trinajstić information content (AvgIpc) is 3.43. The average molecular weight is 366 g/mol. The summed E-state index contributed by atoms with van der Waals surface area (Å²) in [4.78, 5) is 37.1. The van der Waals surface area contributed by atoms with Crippen LogP contribution in [0.25, 0.3) is 10.8 Å². The van der Waals surface area contributed by atoms with E-state index in [9.17, 15) is 14.4 Å². The van der Waals surface area contributed by atoms with Gasteiger partial charge in [0.1, 0.15) is 0 Å². The highest BCUT2D eigenvalue weighted by Gasteiger charge is 2.26. The predicted octanol–water partition coefficient (Wildman–Crippen LogP) is 1.09. The second-order valence-corrected chi connectivity index (χ2v) is 6.41. The number of carbonyl (C=O) groups is 2. The lowest BCUT2D eigenvalue weighted by atomic mass is 10.1. The van der Waals surface area contributed by atoms with Gasteiger partial charge in [-0.25, -0.2) is 4.68 Å². The maximum absolute atomic E-state index is 12.6. The van der Waals surface area contributed by atoms with Crippen LogP contribution >= 0.6 is 0 Å². The Morgan fingerprint density at radius 2 is 1.89 bits per heavy atom. The van der Waals surface area contributed by atoms with Gasteiger partial charge in [-0.15, -0.1) is 0 Å². The van der Waals surface area contributed by atoms with Crippen molar-refractivity contribution in [2.45, 2.75) is 32.2 Å². The first kappa shape index (κ1) is 17.0. The third-order valence-corrected chi connectivity index (χ3v) is 4.52. The monoisotopic (exact) mass is 366 g/mol. The Labute approximate surface area is 153 Å². The van der Waals surface area contributed by atoms with Crippen molar-refractivity contribution in [3.8, 4) is 0 Å². The number of nitrogens with one attached hydrogen (secondary N) is 3. The summed E-state index contributed by atoms with van der Waals surface area (Å²) in [5.41, 5.74) is 5.61. The molecular formula is C18H18N6O3. The Morgan fingerprint density at radius 1 is 1.19 bits per heavy atom. The third-order valence-electron chi connectivity index (χ3n) is 4.52. The molecule has 2 amide bonds. The largest absolute Gasteiger partial charge is 0.290 e. The van der Waals surface area contributed by atoms with Crippen LogP contribution in [-0.2, 0) is 6.54 Å². The zero-order valence-corrected chi connectivity index (χ0v) is 14.7. The highest BCUT2D eigenvalue weighted by Crippen LogP contribution is 2.38. The van der Waals surface area contributed by atoms with Crippen molar-refractivity contribution in [2.24, 2.45) is 0 Å². The lowest BCUT2D eigenvalue weighted by Gasteiger charge is -2.10. The van der Waals surface area contributed by atoms with Crippen molar-refractivity contribution in [2.75, 3.05) is 0 Å². The van der Waals surface area contributed by atoms with Crippen LogP contribution in [0.1, 0.15) is 52.4 Å². The maximum atomic E-state index is 12.6. The molecular weight excluding hydrogens is 348 g/mol. The lowest BCUT2D eigenvalue weighted by molar-refractivity contribution is 0.0841. The molecule has 138 valence electrons. The molecule has 0 atom stereocenters. The molecule has 2 aromatic heterocycles. The van der Waals surface area contributed by atoms with E-state index in [0.29, 0.717) is 23.2 Å². The van der Waals surface area contributed by atoms with Crippen molar-refractivity contribution >= 4 is 22.6 Å². The molecule has 3 N–H and O–H groups in total. The number of hydrogen-bond donors (Lipinski definition) is 3. The number of benzene rings is 1. The number of rotatable bonds is 4. The van der Waals surface area contributed by atoms with Crippen LogP contribution in [0.15, 0.2) is 35.1 Å². The molecule has 0 bridgehead atoms. The quantitative estimate of drug-likeness (QED) is 0.597. The summed E-state index contributed by atoms with van der Waals surface area (Å²) >= 11 is 0. The first-order valence-corrected chi connectivity index (χ1v) is 8.74. The van der Waals surface area contributed by atoms with E-state index in [4.69, 9.17) is 0 Å². The van der Waals surface area contributed by atoms with E-state index in [1.165, 1.54) is 4.68 Å². The zero-order valence-electron chi connectivity index (χ0n) is 14.7. The number of aryl methyl sites for hydroxylation is 1. The minimum absolute atomic E-state index is 0.0630. The summed E-state index contributed by atoms with van der Waals surface area (Å²) < 4.78 is 1.22. The van der Waals surface area contributed by atoms with Crippen LogP contribution in [0, 0.1) is 0 Å². The molecule has 3 aromatic rings. The molecule has 0 unspecified atom stereocenters. The van der Waals surface area contributed by atoms with Gasteiger partial charge in [0, 0.05) is 23.5 Å². The van der Waals surface area contributed by atoms with E-state index in [1.54, 1.807) is 37.3 Å². The zero-order chi connectivity index (χ0) is 19.0. The fourth-order valence-electron chi connectivity index (χ4n) is 2.91. The number of hydrazine groups is 1. The molecule has 9 heteroatoms. The van der Waals surface area contributed by atoms with Crippen molar-refractivity contribution in [1.29, 1.82) is 0 Å². The van der Waals surface area contributed by atoms with Gasteiger partial charge < -0.3 is 0 Å². The van der Waals surface area contributed by atoms with E-state index in [-0.39, 0.29) is 16.9 Å². The number of fused-ring (bicyclic) bond motifs is 1. The molecule has 27 heavy (non-hydrogen) atoms. The molecule has 0 radical (unpaired) electrons. The Bertz CT molecular complexity index is 1100. The van der Waals surface area contributed by atoms with E-state index >= 15 is 0 Å². The van der Waals surface area contributed by atoms with Gasteiger partial charge in [0.15, 0.2) is 11.4 Å². The van der Waals surface area contributed by atoms with E-state index in [0.717, 1.165) is 18.5 Å². The number of aromatic nitrogens is 4. The van der Waals surface area contributed by atoms with Gasteiger partial charge in [0.2, 0.25) is 0 Å². The van der Waals surface area contributed by atoms with Crippen LogP contribution in [0.5, 0.6) is 0 Å². The third kappa shape index (κ3) is 3.19. The molecule has 4 rings (SSSR count). The smallest absolute Gasteiger partial charge is 0.281 e. The Balaban J connectivity index is 1.54. The highest BCUT2D eigenvalue weighted by atomic mass is 16.2. The summed E-state index contributed by atoms with van der Waals surface area (Å²) in [6.07, 6.45) is 2.18.